The van der Waals surface area contributed by atoms with Crippen molar-refractivity contribution in [1.82, 2.24) is 0 Å². The van der Waals surface area contributed by atoms with Gasteiger partial charge in [-0.2, -0.15) is 0 Å². The van der Waals surface area contributed by atoms with Crippen LogP contribution in [0.5, 0.6) is 0 Å². The Kier molecular flexibility index (Phi) is 4.71. The van der Waals surface area contributed by atoms with Crippen molar-refractivity contribution in [2.45, 2.75) is 40.5 Å². The zero-order chi connectivity index (χ0) is 8.04. The molecule has 0 N–H and O–H groups in total. The van der Waals surface area contributed by atoms with Gasteiger partial charge >= 0.3 is 0 Å². The number of hydrogen-bond acceptors (Lipinski definition) is 1. The Morgan fingerprint density at radius 3 is 2.30 bits per heavy atom. The second kappa shape index (κ2) is 4.73. The largest absolute Gasteiger partial charge is 0.375 e. The topological polar surface area (TPSA) is 9.23 Å². The normalized spacial score (nSPS) is 12.0. The van der Waals surface area contributed by atoms with Crippen molar-refractivity contribution in [3.63, 3.8) is 0 Å². The van der Waals surface area contributed by atoms with Crippen LogP contribution >= 0.6 is 0 Å². The summed E-state index contributed by atoms with van der Waals surface area (Å²) in [7, 11) is 0. The van der Waals surface area contributed by atoms with Crippen molar-refractivity contribution in [3.8, 4) is 0 Å². The molecule has 0 saturated heterocycles. The molecule has 61 valence electrons. The lowest BCUT2D eigenvalue weighted by atomic mass is 9.99. The molecule has 10 heavy (non-hydrogen) atoms. The molecular weight excluding hydrogens is 124 g/mol. The highest BCUT2D eigenvalue weighted by Crippen LogP contribution is 2.13. The molecule has 0 aromatic rings. The van der Waals surface area contributed by atoms with Gasteiger partial charge in [-0.3, -0.25) is 0 Å². The van der Waals surface area contributed by atoms with E-state index < -0.39 is 0 Å². The summed E-state index contributed by atoms with van der Waals surface area (Å²) in [6.45, 7) is 11.4. The maximum absolute atomic E-state index is 5.31. The summed E-state index contributed by atoms with van der Waals surface area (Å²) >= 11 is 0. The van der Waals surface area contributed by atoms with E-state index in [0.29, 0.717) is 5.41 Å². The molecule has 0 unspecified atom stereocenters. The lowest BCUT2D eigenvalue weighted by molar-refractivity contribution is 0.113. The van der Waals surface area contributed by atoms with E-state index in [0.717, 1.165) is 13.0 Å². The quantitative estimate of drug-likeness (QED) is 0.550. The van der Waals surface area contributed by atoms with Crippen LogP contribution < -0.4 is 0 Å². The average Bonchev–Trinajstić information content (AvgIpc) is 1.78. The molecule has 0 aliphatic rings. The summed E-state index contributed by atoms with van der Waals surface area (Å²) in [6.07, 6.45) is 2.24. The van der Waals surface area contributed by atoms with Crippen LogP contribution in [-0.2, 0) is 4.74 Å². The molecule has 0 heterocycles. The van der Waals surface area contributed by atoms with Crippen LogP contribution in [0.2, 0.25) is 0 Å². The fourth-order valence-electron chi connectivity index (χ4n) is 0.510. The third kappa shape index (κ3) is 7.96. The maximum Gasteiger partial charge on any atom is 0.0836 e. The Morgan fingerprint density at radius 2 is 1.90 bits per heavy atom. The van der Waals surface area contributed by atoms with E-state index in [2.05, 4.69) is 27.7 Å². The van der Waals surface area contributed by atoms with Gasteiger partial charge in [0, 0.05) is 0 Å². The third-order valence-corrected chi connectivity index (χ3v) is 1.04. The molecule has 0 fully saturated rings. The minimum absolute atomic E-state index is 0.296. The van der Waals surface area contributed by atoms with Crippen LogP contribution in [0.3, 0.4) is 0 Å². The zero-order valence-electron chi connectivity index (χ0n) is 7.61. The predicted octanol–water partition coefficient (Wildman–Crippen LogP) is 3.01. The summed E-state index contributed by atoms with van der Waals surface area (Å²) in [5.74, 6) is 0. The summed E-state index contributed by atoms with van der Waals surface area (Å²) < 4.78 is 5.31. The number of ether oxygens (including phenoxy) is 1. The van der Waals surface area contributed by atoms with Gasteiger partial charge in [-0.1, -0.05) is 34.1 Å². The fraction of sp³-hybridized carbons (Fsp3) is 0.889. The molecule has 0 amide bonds. The Bertz CT molecular complexity index is 71.3. The molecule has 0 aliphatic carbocycles. The SMILES string of the molecule is CCC[CH]OCC(C)(C)C. The molecule has 1 nitrogen and oxygen atoms in total. The van der Waals surface area contributed by atoms with Gasteiger partial charge in [0.15, 0.2) is 0 Å². The van der Waals surface area contributed by atoms with Crippen molar-refractivity contribution in [3.05, 3.63) is 6.61 Å². The van der Waals surface area contributed by atoms with Gasteiger partial charge in [-0.15, -0.1) is 0 Å². The molecule has 0 bridgehead atoms. The predicted molar refractivity (Wildman–Crippen MR) is 44.6 cm³/mol. The van der Waals surface area contributed by atoms with E-state index >= 15 is 0 Å². The molecule has 0 spiro atoms. The van der Waals surface area contributed by atoms with E-state index in [1.807, 2.05) is 6.61 Å². The minimum atomic E-state index is 0.296. The highest BCUT2D eigenvalue weighted by Gasteiger charge is 2.09. The number of hydrogen-bond donors (Lipinski definition) is 0. The zero-order valence-corrected chi connectivity index (χ0v) is 7.61. The van der Waals surface area contributed by atoms with Crippen molar-refractivity contribution in [1.29, 1.82) is 0 Å². The second-order valence-corrected chi connectivity index (χ2v) is 3.83. The molecule has 1 heteroatoms. The Morgan fingerprint density at radius 1 is 1.30 bits per heavy atom. The van der Waals surface area contributed by atoms with Crippen LogP contribution in [-0.4, -0.2) is 6.61 Å². The maximum atomic E-state index is 5.31. The Labute approximate surface area is 64.8 Å². The lowest BCUT2D eigenvalue weighted by Gasteiger charge is -2.17. The Balaban J connectivity index is 3.04. The lowest BCUT2D eigenvalue weighted by Crippen LogP contribution is -2.13. The number of rotatable bonds is 4. The van der Waals surface area contributed by atoms with E-state index in [4.69, 9.17) is 4.74 Å². The average molecular weight is 143 g/mol. The van der Waals surface area contributed by atoms with Crippen LogP contribution in [0.1, 0.15) is 40.5 Å². The van der Waals surface area contributed by atoms with Crippen LogP contribution in [0.25, 0.3) is 0 Å². The van der Waals surface area contributed by atoms with E-state index in [1.165, 1.54) is 6.42 Å². The summed E-state index contributed by atoms with van der Waals surface area (Å²) in [4.78, 5) is 0. The van der Waals surface area contributed by atoms with Crippen molar-refractivity contribution < 1.29 is 4.74 Å². The Hall–Kier alpha value is -0.0400. The van der Waals surface area contributed by atoms with E-state index in [-0.39, 0.29) is 0 Å². The van der Waals surface area contributed by atoms with Crippen molar-refractivity contribution in [2.24, 2.45) is 5.41 Å². The third-order valence-electron chi connectivity index (χ3n) is 1.04. The first-order valence-electron chi connectivity index (χ1n) is 3.99. The van der Waals surface area contributed by atoms with Gasteiger partial charge in [0.1, 0.15) is 0 Å². The number of unbranched alkanes of at least 4 members (excludes halogenated alkanes) is 1. The fourth-order valence-corrected chi connectivity index (χ4v) is 0.510. The first kappa shape index (κ1) is 9.96. The van der Waals surface area contributed by atoms with Gasteiger partial charge in [0.2, 0.25) is 0 Å². The summed E-state index contributed by atoms with van der Waals surface area (Å²) in [5, 5.41) is 0. The van der Waals surface area contributed by atoms with Crippen molar-refractivity contribution >= 4 is 0 Å². The molecule has 0 aliphatic heterocycles. The van der Waals surface area contributed by atoms with Gasteiger partial charge in [-0.25, -0.2) is 0 Å². The highest BCUT2D eigenvalue weighted by molar-refractivity contribution is 4.60. The van der Waals surface area contributed by atoms with Gasteiger partial charge < -0.3 is 4.74 Å². The van der Waals surface area contributed by atoms with Gasteiger partial charge in [-0.05, 0) is 11.8 Å². The van der Waals surface area contributed by atoms with Crippen LogP contribution in [0.15, 0.2) is 0 Å². The second-order valence-electron chi connectivity index (χ2n) is 3.83. The van der Waals surface area contributed by atoms with Crippen LogP contribution in [0.4, 0.5) is 0 Å². The van der Waals surface area contributed by atoms with Gasteiger partial charge in [0.05, 0.1) is 13.2 Å². The van der Waals surface area contributed by atoms with Gasteiger partial charge in [0.25, 0.3) is 0 Å². The molecule has 0 aromatic carbocycles. The monoisotopic (exact) mass is 143 g/mol. The van der Waals surface area contributed by atoms with E-state index in [1.54, 1.807) is 0 Å². The molecule has 0 atom stereocenters. The molecule has 0 saturated carbocycles. The molecule has 0 aromatic heterocycles. The highest BCUT2D eigenvalue weighted by atomic mass is 16.5. The minimum Gasteiger partial charge on any atom is -0.375 e. The molecular formula is C9H19O. The van der Waals surface area contributed by atoms with Crippen molar-refractivity contribution in [2.75, 3.05) is 6.61 Å². The standard InChI is InChI=1S/C9H19O/c1-5-6-7-10-8-9(2,3)4/h7H,5-6,8H2,1-4H3. The van der Waals surface area contributed by atoms with E-state index in [9.17, 15) is 0 Å². The summed E-state index contributed by atoms with van der Waals surface area (Å²) in [5.41, 5.74) is 0.296. The molecule has 1 radical (unpaired) electrons. The smallest absolute Gasteiger partial charge is 0.0836 e. The molecule has 0 rings (SSSR count). The first-order valence-corrected chi connectivity index (χ1v) is 3.99. The summed E-state index contributed by atoms with van der Waals surface area (Å²) in [6, 6.07) is 0. The first-order chi connectivity index (χ1) is 4.56. The van der Waals surface area contributed by atoms with Crippen LogP contribution in [0, 0.1) is 12.0 Å².